The first-order valence-electron chi connectivity index (χ1n) is 3.78. The van der Waals surface area contributed by atoms with Crippen LogP contribution in [0.25, 0.3) is 0 Å². The number of methoxy groups -OCH3 is 1. The van der Waals surface area contributed by atoms with Crippen molar-refractivity contribution in [2.24, 2.45) is 0 Å². The minimum absolute atomic E-state index is 0.117. The summed E-state index contributed by atoms with van der Waals surface area (Å²) in [7, 11) is 2.60. The van der Waals surface area contributed by atoms with Crippen molar-refractivity contribution in [2.45, 2.75) is 5.75 Å². The van der Waals surface area contributed by atoms with Gasteiger partial charge in [-0.1, -0.05) is 6.07 Å². The highest BCUT2D eigenvalue weighted by molar-refractivity contribution is 9.10. The monoisotopic (exact) mass is 316 g/mol. The SMILES string of the molecule is COc1c(CS(=O)(=O)Cl)ccc(Br)c1F. The molecule has 0 aromatic heterocycles. The van der Waals surface area contributed by atoms with E-state index in [9.17, 15) is 12.8 Å². The van der Waals surface area contributed by atoms with Crippen LogP contribution >= 0.6 is 26.6 Å². The van der Waals surface area contributed by atoms with Crippen LogP contribution in [0.3, 0.4) is 0 Å². The second kappa shape index (κ2) is 4.67. The molecule has 1 aromatic rings. The van der Waals surface area contributed by atoms with Crippen LogP contribution in [0.15, 0.2) is 16.6 Å². The Morgan fingerprint density at radius 1 is 1.53 bits per heavy atom. The average Bonchev–Trinajstić information content (AvgIpc) is 2.10. The fraction of sp³-hybridized carbons (Fsp3) is 0.250. The molecule has 0 aliphatic rings. The summed E-state index contributed by atoms with van der Waals surface area (Å²) in [6, 6.07) is 2.83. The predicted molar refractivity (Wildman–Crippen MR) is 59.1 cm³/mol. The lowest BCUT2D eigenvalue weighted by molar-refractivity contribution is 0.381. The van der Waals surface area contributed by atoms with E-state index in [0.717, 1.165) is 0 Å². The fourth-order valence-corrected chi connectivity index (χ4v) is 2.36. The molecule has 1 aromatic carbocycles. The first kappa shape index (κ1) is 12.7. The summed E-state index contributed by atoms with van der Waals surface area (Å²) in [6.45, 7) is 0. The zero-order chi connectivity index (χ0) is 11.6. The number of halogens is 3. The van der Waals surface area contributed by atoms with E-state index >= 15 is 0 Å². The molecule has 0 fully saturated rings. The van der Waals surface area contributed by atoms with Gasteiger partial charge in [0.1, 0.15) is 0 Å². The molecule has 0 bridgehead atoms. The highest BCUT2D eigenvalue weighted by atomic mass is 79.9. The van der Waals surface area contributed by atoms with Gasteiger partial charge in [0.2, 0.25) is 9.05 Å². The van der Waals surface area contributed by atoms with Gasteiger partial charge in [0.15, 0.2) is 11.6 Å². The van der Waals surface area contributed by atoms with Gasteiger partial charge in [-0.3, -0.25) is 0 Å². The maximum absolute atomic E-state index is 13.4. The maximum atomic E-state index is 13.4. The first-order chi connectivity index (χ1) is 6.85. The summed E-state index contributed by atoms with van der Waals surface area (Å²) in [4.78, 5) is 0. The van der Waals surface area contributed by atoms with Gasteiger partial charge < -0.3 is 4.74 Å². The van der Waals surface area contributed by atoms with Crippen LogP contribution in [0.2, 0.25) is 0 Å². The Balaban J connectivity index is 3.25. The van der Waals surface area contributed by atoms with Crippen molar-refractivity contribution in [1.82, 2.24) is 0 Å². The highest BCUT2D eigenvalue weighted by Gasteiger charge is 2.17. The lowest BCUT2D eigenvalue weighted by atomic mass is 10.2. The second-order valence-corrected chi connectivity index (χ2v) is 6.37. The molecule has 0 aliphatic heterocycles. The minimum atomic E-state index is -3.73. The van der Waals surface area contributed by atoms with Crippen LogP contribution in [-0.4, -0.2) is 15.5 Å². The summed E-state index contributed by atoms with van der Waals surface area (Å²) in [5, 5.41) is 0. The highest BCUT2D eigenvalue weighted by Crippen LogP contribution is 2.30. The van der Waals surface area contributed by atoms with Gasteiger partial charge in [0.05, 0.1) is 17.3 Å². The topological polar surface area (TPSA) is 43.4 Å². The third-order valence-electron chi connectivity index (χ3n) is 1.66. The summed E-state index contributed by atoms with van der Waals surface area (Å²) < 4.78 is 40.1. The quantitative estimate of drug-likeness (QED) is 0.805. The van der Waals surface area contributed by atoms with Crippen LogP contribution in [-0.2, 0) is 14.8 Å². The third-order valence-corrected chi connectivity index (χ3v) is 3.26. The van der Waals surface area contributed by atoms with Gasteiger partial charge in [-0.15, -0.1) is 0 Å². The van der Waals surface area contributed by atoms with E-state index in [1.54, 1.807) is 0 Å². The average molecular weight is 318 g/mol. The molecule has 0 unspecified atom stereocenters. The van der Waals surface area contributed by atoms with Gasteiger partial charge in [-0.2, -0.15) is 0 Å². The number of hydrogen-bond donors (Lipinski definition) is 0. The molecule has 15 heavy (non-hydrogen) atoms. The van der Waals surface area contributed by atoms with Crippen molar-refractivity contribution < 1.29 is 17.5 Å². The predicted octanol–water partition coefficient (Wildman–Crippen LogP) is 2.67. The van der Waals surface area contributed by atoms with Crippen molar-refractivity contribution in [2.75, 3.05) is 7.11 Å². The van der Waals surface area contributed by atoms with Crippen LogP contribution in [0.4, 0.5) is 4.39 Å². The first-order valence-corrected chi connectivity index (χ1v) is 7.05. The van der Waals surface area contributed by atoms with Crippen LogP contribution in [0, 0.1) is 5.82 Å². The summed E-state index contributed by atoms with van der Waals surface area (Å²) >= 11 is 2.96. The van der Waals surface area contributed by atoms with E-state index < -0.39 is 20.6 Å². The van der Waals surface area contributed by atoms with E-state index in [2.05, 4.69) is 15.9 Å². The smallest absolute Gasteiger partial charge is 0.236 e. The Morgan fingerprint density at radius 3 is 2.60 bits per heavy atom. The van der Waals surface area contributed by atoms with Crippen molar-refractivity contribution in [3.8, 4) is 5.75 Å². The molecule has 0 spiro atoms. The van der Waals surface area contributed by atoms with Gasteiger partial charge >= 0.3 is 0 Å². The summed E-state index contributed by atoms with van der Waals surface area (Å²) in [6.07, 6.45) is 0. The molecule has 0 heterocycles. The van der Waals surface area contributed by atoms with Gasteiger partial charge in [0.25, 0.3) is 0 Å². The Hall–Kier alpha value is -0.330. The van der Waals surface area contributed by atoms with E-state index in [-0.39, 0.29) is 15.8 Å². The molecular formula is C8H7BrClFO3S. The minimum Gasteiger partial charge on any atom is -0.493 e. The van der Waals surface area contributed by atoms with Crippen LogP contribution in [0.1, 0.15) is 5.56 Å². The molecule has 0 saturated carbocycles. The number of rotatable bonds is 3. The molecule has 0 aliphatic carbocycles. The standard InChI is InChI=1S/C8H7BrClFO3S/c1-14-8-5(4-15(10,12)13)2-3-6(9)7(8)11/h2-3H,4H2,1H3. The van der Waals surface area contributed by atoms with Crippen molar-refractivity contribution in [3.63, 3.8) is 0 Å². The Labute approximate surface area is 99.7 Å². The zero-order valence-electron chi connectivity index (χ0n) is 7.63. The number of ether oxygens (including phenoxy) is 1. The molecule has 0 N–H and O–H groups in total. The second-order valence-electron chi connectivity index (χ2n) is 2.74. The maximum Gasteiger partial charge on any atom is 0.236 e. The van der Waals surface area contributed by atoms with Gasteiger partial charge in [-0.25, -0.2) is 12.8 Å². The van der Waals surface area contributed by atoms with Gasteiger partial charge in [0, 0.05) is 16.2 Å². The Bertz CT molecular complexity index is 475. The lowest BCUT2D eigenvalue weighted by Gasteiger charge is -2.08. The zero-order valence-corrected chi connectivity index (χ0v) is 10.8. The molecule has 3 nitrogen and oxygen atoms in total. The molecular weight excluding hydrogens is 311 g/mol. The van der Waals surface area contributed by atoms with E-state index in [1.165, 1.54) is 19.2 Å². The Kier molecular flexibility index (Phi) is 3.97. The van der Waals surface area contributed by atoms with Crippen LogP contribution < -0.4 is 4.74 Å². The lowest BCUT2D eigenvalue weighted by Crippen LogP contribution is -2.01. The molecule has 1 rings (SSSR count). The Morgan fingerprint density at radius 2 is 2.13 bits per heavy atom. The molecule has 0 atom stereocenters. The van der Waals surface area contributed by atoms with Crippen molar-refractivity contribution in [1.29, 1.82) is 0 Å². The third kappa shape index (κ3) is 3.32. The molecule has 0 saturated heterocycles. The molecule has 0 radical (unpaired) electrons. The molecule has 0 amide bonds. The normalized spacial score (nSPS) is 11.5. The largest absolute Gasteiger partial charge is 0.493 e. The number of hydrogen-bond acceptors (Lipinski definition) is 3. The summed E-state index contributed by atoms with van der Waals surface area (Å²) in [5.74, 6) is -1.23. The summed E-state index contributed by atoms with van der Waals surface area (Å²) in [5.41, 5.74) is 0.188. The van der Waals surface area contributed by atoms with Crippen molar-refractivity contribution in [3.05, 3.63) is 28.0 Å². The van der Waals surface area contributed by atoms with Gasteiger partial charge in [-0.05, 0) is 22.0 Å². The molecule has 7 heteroatoms. The van der Waals surface area contributed by atoms with Crippen LogP contribution in [0.5, 0.6) is 5.75 Å². The molecule has 84 valence electrons. The van der Waals surface area contributed by atoms with E-state index in [4.69, 9.17) is 15.4 Å². The van der Waals surface area contributed by atoms with Crippen molar-refractivity contribution >= 4 is 35.7 Å². The fourth-order valence-electron chi connectivity index (χ4n) is 1.09. The number of benzene rings is 1. The van der Waals surface area contributed by atoms with E-state index in [0.29, 0.717) is 0 Å². The van der Waals surface area contributed by atoms with E-state index in [1.807, 2.05) is 0 Å².